The molecule has 2 aromatic carbocycles. The van der Waals surface area contributed by atoms with Gasteiger partial charge in [-0.15, -0.1) is 11.3 Å². The van der Waals surface area contributed by atoms with E-state index in [0.29, 0.717) is 5.75 Å². The third kappa shape index (κ3) is 7.89. The van der Waals surface area contributed by atoms with Crippen LogP contribution in [-0.2, 0) is 4.79 Å². The Bertz CT molecular complexity index is 955. The molecule has 0 saturated heterocycles. The zero-order chi connectivity index (χ0) is 22.6. The standard InChI is InChI=1S/C25H30N2O4S/c1-2-3-4-5-6-7-16-30-21-14-10-20(11-15-21)26-25-27-23(18-32-25)19-8-12-22(13-9-19)31-17-24(28)29/h8-15,18H,2-7,16-17H2,1H3,(H,26,27)(H,28,29). The highest BCUT2D eigenvalue weighted by atomic mass is 32.1. The number of nitrogens with one attached hydrogen (secondary N) is 1. The monoisotopic (exact) mass is 454 g/mol. The van der Waals surface area contributed by atoms with Gasteiger partial charge in [0.2, 0.25) is 0 Å². The van der Waals surface area contributed by atoms with Gasteiger partial charge in [0, 0.05) is 16.6 Å². The van der Waals surface area contributed by atoms with Crippen LogP contribution in [0.25, 0.3) is 11.3 Å². The smallest absolute Gasteiger partial charge is 0.341 e. The number of aliphatic carboxylic acids is 1. The molecule has 0 aliphatic carbocycles. The van der Waals surface area contributed by atoms with E-state index in [1.165, 1.54) is 43.4 Å². The number of ether oxygens (including phenoxy) is 2. The second-order valence-corrected chi connectivity index (χ2v) is 8.37. The van der Waals surface area contributed by atoms with Crippen LogP contribution in [0.15, 0.2) is 53.9 Å². The van der Waals surface area contributed by atoms with Gasteiger partial charge >= 0.3 is 5.97 Å². The molecule has 0 aliphatic rings. The van der Waals surface area contributed by atoms with Crippen LogP contribution in [0.3, 0.4) is 0 Å². The lowest BCUT2D eigenvalue weighted by molar-refractivity contribution is -0.139. The predicted octanol–water partition coefficient (Wildman–Crippen LogP) is 6.76. The zero-order valence-electron chi connectivity index (χ0n) is 18.4. The van der Waals surface area contributed by atoms with Crippen LogP contribution in [0.2, 0.25) is 0 Å². The summed E-state index contributed by atoms with van der Waals surface area (Å²) in [6.07, 6.45) is 7.53. The molecular weight excluding hydrogens is 424 g/mol. The number of carboxylic acid groups (broad SMARTS) is 1. The number of hydrogen-bond donors (Lipinski definition) is 2. The summed E-state index contributed by atoms with van der Waals surface area (Å²) in [5.41, 5.74) is 2.74. The quantitative estimate of drug-likeness (QED) is 0.262. The number of anilines is 2. The lowest BCUT2D eigenvalue weighted by Gasteiger charge is -2.08. The Labute approximate surface area is 193 Å². The minimum atomic E-state index is -0.998. The molecule has 0 atom stereocenters. The van der Waals surface area contributed by atoms with Crippen molar-refractivity contribution in [1.29, 1.82) is 0 Å². The molecule has 0 fully saturated rings. The number of hydrogen-bond acceptors (Lipinski definition) is 6. The van der Waals surface area contributed by atoms with Crippen molar-refractivity contribution in [1.82, 2.24) is 4.98 Å². The van der Waals surface area contributed by atoms with Gasteiger partial charge in [0.1, 0.15) is 11.5 Å². The molecule has 3 rings (SSSR count). The van der Waals surface area contributed by atoms with Crippen molar-refractivity contribution in [2.45, 2.75) is 45.4 Å². The minimum Gasteiger partial charge on any atom is -0.494 e. The van der Waals surface area contributed by atoms with E-state index in [1.807, 2.05) is 41.8 Å². The van der Waals surface area contributed by atoms with Gasteiger partial charge in [-0.1, -0.05) is 39.0 Å². The van der Waals surface area contributed by atoms with Crippen LogP contribution in [-0.4, -0.2) is 29.3 Å². The molecule has 0 spiro atoms. The van der Waals surface area contributed by atoms with Crippen LogP contribution in [0.4, 0.5) is 10.8 Å². The van der Waals surface area contributed by atoms with Crippen molar-refractivity contribution < 1.29 is 19.4 Å². The number of carbonyl (C=O) groups is 1. The highest BCUT2D eigenvalue weighted by Crippen LogP contribution is 2.29. The summed E-state index contributed by atoms with van der Waals surface area (Å²) >= 11 is 1.52. The molecule has 3 aromatic rings. The number of benzene rings is 2. The highest BCUT2D eigenvalue weighted by Gasteiger charge is 2.06. The van der Waals surface area contributed by atoms with Crippen LogP contribution in [0.5, 0.6) is 11.5 Å². The van der Waals surface area contributed by atoms with Gasteiger partial charge in [-0.05, 0) is 55.0 Å². The lowest BCUT2D eigenvalue weighted by atomic mass is 10.1. The number of unbranched alkanes of at least 4 members (excludes halogenated alkanes) is 5. The molecule has 1 aromatic heterocycles. The molecule has 0 amide bonds. The van der Waals surface area contributed by atoms with Crippen LogP contribution in [0, 0.1) is 0 Å². The lowest BCUT2D eigenvalue weighted by Crippen LogP contribution is -2.09. The summed E-state index contributed by atoms with van der Waals surface area (Å²) < 4.78 is 11.0. The fraction of sp³-hybridized carbons (Fsp3) is 0.360. The maximum atomic E-state index is 10.6. The molecule has 0 aliphatic heterocycles. The van der Waals surface area contributed by atoms with Crippen molar-refractivity contribution in [3.63, 3.8) is 0 Å². The van der Waals surface area contributed by atoms with E-state index in [1.54, 1.807) is 12.1 Å². The number of rotatable bonds is 14. The Hall–Kier alpha value is -3.06. The predicted molar refractivity (Wildman–Crippen MR) is 129 cm³/mol. The first-order valence-corrected chi connectivity index (χ1v) is 11.9. The third-order valence-corrected chi connectivity index (χ3v) is 5.65. The van der Waals surface area contributed by atoms with Crippen molar-refractivity contribution in [2.75, 3.05) is 18.5 Å². The molecule has 1 heterocycles. The van der Waals surface area contributed by atoms with Gasteiger partial charge in [-0.25, -0.2) is 9.78 Å². The first-order chi connectivity index (χ1) is 15.6. The van der Waals surface area contributed by atoms with Crippen molar-refractivity contribution in [2.24, 2.45) is 0 Å². The molecule has 0 bridgehead atoms. The zero-order valence-corrected chi connectivity index (χ0v) is 19.2. The van der Waals surface area contributed by atoms with Crippen LogP contribution in [0.1, 0.15) is 45.4 Å². The van der Waals surface area contributed by atoms with Gasteiger partial charge in [0.05, 0.1) is 12.3 Å². The van der Waals surface area contributed by atoms with E-state index in [4.69, 9.17) is 14.6 Å². The fourth-order valence-electron chi connectivity index (χ4n) is 3.16. The molecule has 0 saturated carbocycles. The van der Waals surface area contributed by atoms with E-state index in [2.05, 4.69) is 17.2 Å². The maximum absolute atomic E-state index is 10.6. The fourth-order valence-corrected chi connectivity index (χ4v) is 3.90. The van der Waals surface area contributed by atoms with Gasteiger partial charge in [-0.3, -0.25) is 0 Å². The molecule has 0 radical (unpaired) electrons. The number of thiazole rings is 1. The van der Waals surface area contributed by atoms with Gasteiger partial charge in [0.25, 0.3) is 0 Å². The normalized spacial score (nSPS) is 10.7. The molecule has 2 N–H and O–H groups in total. The summed E-state index contributed by atoms with van der Waals surface area (Å²) in [6, 6.07) is 15.2. The summed E-state index contributed by atoms with van der Waals surface area (Å²) in [7, 11) is 0. The van der Waals surface area contributed by atoms with Gasteiger partial charge in [0.15, 0.2) is 11.7 Å². The van der Waals surface area contributed by atoms with E-state index in [-0.39, 0.29) is 6.61 Å². The molecule has 170 valence electrons. The van der Waals surface area contributed by atoms with Crippen LogP contribution >= 0.6 is 11.3 Å². The highest BCUT2D eigenvalue weighted by molar-refractivity contribution is 7.14. The van der Waals surface area contributed by atoms with Crippen molar-refractivity contribution in [3.05, 3.63) is 53.9 Å². The third-order valence-electron chi connectivity index (χ3n) is 4.89. The summed E-state index contributed by atoms with van der Waals surface area (Å²) in [5, 5.41) is 14.8. The maximum Gasteiger partial charge on any atom is 0.341 e. The number of carboxylic acids is 1. The van der Waals surface area contributed by atoms with E-state index >= 15 is 0 Å². The van der Waals surface area contributed by atoms with Crippen molar-refractivity contribution >= 4 is 28.1 Å². The Morgan fingerprint density at radius 1 is 0.938 bits per heavy atom. The summed E-state index contributed by atoms with van der Waals surface area (Å²) in [6.45, 7) is 2.64. The largest absolute Gasteiger partial charge is 0.494 e. The van der Waals surface area contributed by atoms with Gasteiger partial charge < -0.3 is 19.9 Å². The van der Waals surface area contributed by atoms with E-state index < -0.39 is 5.97 Å². The molecule has 7 heteroatoms. The first kappa shape index (κ1) is 23.6. The Morgan fingerprint density at radius 2 is 1.59 bits per heavy atom. The SMILES string of the molecule is CCCCCCCCOc1ccc(Nc2nc(-c3ccc(OCC(=O)O)cc3)cs2)cc1. The minimum absolute atomic E-state index is 0.354. The Balaban J connectivity index is 1.45. The molecule has 6 nitrogen and oxygen atoms in total. The van der Waals surface area contributed by atoms with Crippen LogP contribution < -0.4 is 14.8 Å². The average Bonchev–Trinajstić information content (AvgIpc) is 3.27. The topological polar surface area (TPSA) is 80.7 Å². The molecule has 32 heavy (non-hydrogen) atoms. The summed E-state index contributed by atoms with van der Waals surface area (Å²) in [4.78, 5) is 15.2. The first-order valence-electron chi connectivity index (χ1n) is 11.0. The number of nitrogens with zero attached hydrogens (tertiary/aromatic N) is 1. The van der Waals surface area contributed by atoms with E-state index in [9.17, 15) is 4.79 Å². The molecular formula is C25H30N2O4S. The van der Waals surface area contributed by atoms with Crippen molar-refractivity contribution in [3.8, 4) is 22.8 Å². The average molecular weight is 455 g/mol. The molecule has 0 unspecified atom stereocenters. The second kappa shape index (κ2) is 12.7. The number of aromatic nitrogens is 1. The Kier molecular flexibility index (Phi) is 9.37. The Morgan fingerprint density at radius 3 is 2.31 bits per heavy atom. The summed E-state index contributed by atoms with van der Waals surface area (Å²) in [5.74, 6) is 0.402. The van der Waals surface area contributed by atoms with Gasteiger partial charge in [-0.2, -0.15) is 0 Å². The van der Waals surface area contributed by atoms with E-state index in [0.717, 1.165) is 40.9 Å². The second-order valence-electron chi connectivity index (χ2n) is 7.51.